The van der Waals surface area contributed by atoms with Crippen LogP contribution in [0.3, 0.4) is 0 Å². The lowest BCUT2D eigenvalue weighted by Crippen LogP contribution is -2.23. The van der Waals surface area contributed by atoms with Gasteiger partial charge in [0.2, 0.25) is 0 Å². The zero-order valence-corrected chi connectivity index (χ0v) is 10.9. The quantitative estimate of drug-likeness (QED) is 0.812. The van der Waals surface area contributed by atoms with Crippen LogP contribution in [0.2, 0.25) is 10.0 Å². The summed E-state index contributed by atoms with van der Waals surface area (Å²) in [7, 11) is 0. The van der Waals surface area contributed by atoms with Crippen LogP contribution in [0.5, 0.6) is 5.75 Å². The molecule has 0 unspecified atom stereocenters. The molecule has 1 aliphatic carbocycles. The largest absolute Gasteiger partial charge is 0.490 e. The first kappa shape index (κ1) is 12.5. The summed E-state index contributed by atoms with van der Waals surface area (Å²) in [5.41, 5.74) is -0.342. The molecule has 1 fully saturated rings. The molecule has 4 heteroatoms. The lowest BCUT2D eigenvalue weighted by Gasteiger charge is -2.20. The Morgan fingerprint density at radius 2 is 2.00 bits per heavy atom. The molecular formula is C13H13Cl2NO. The van der Waals surface area contributed by atoms with Crippen LogP contribution in [-0.4, -0.2) is 6.61 Å². The zero-order valence-electron chi connectivity index (χ0n) is 9.38. The Bertz CT molecular complexity index is 447. The summed E-state index contributed by atoms with van der Waals surface area (Å²) in [4.78, 5) is 0. The Morgan fingerprint density at radius 3 is 2.65 bits per heavy atom. The Balaban J connectivity index is 2.07. The first-order valence-electron chi connectivity index (χ1n) is 5.65. The highest BCUT2D eigenvalue weighted by atomic mass is 35.5. The third-order valence-electron chi connectivity index (χ3n) is 3.22. The van der Waals surface area contributed by atoms with Crippen molar-refractivity contribution in [3.05, 3.63) is 28.2 Å². The minimum absolute atomic E-state index is 0.342. The second-order valence-electron chi connectivity index (χ2n) is 4.44. The second-order valence-corrected chi connectivity index (χ2v) is 5.23. The van der Waals surface area contributed by atoms with Crippen molar-refractivity contribution >= 4 is 23.2 Å². The van der Waals surface area contributed by atoms with Gasteiger partial charge in [0.15, 0.2) is 0 Å². The second kappa shape index (κ2) is 5.16. The fourth-order valence-corrected chi connectivity index (χ4v) is 2.50. The average Bonchev–Trinajstić information content (AvgIpc) is 2.81. The monoisotopic (exact) mass is 269 g/mol. The summed E-state index contributed by atoms with van der Waals surface area (Å²) < 4.78 is 5.66. The number of hydrogen-bond acceptors (Lipinski definition) is 2. The van der Waals surface area contributed by atoms with Crippen molar-refractivity contribution in [3.63, 3.8) is 0 Å². The molecule has 0 aromatic heterocycles. The molecule has 1 aliphatic rings. The van der Waals surface area contributed by atoms with Gasteiger partial charge in [-0.05, 0) is 25.0 Å². The van der Waals surface area contributed by atoms with Crippen molar-refractivity contribution in [1.82, 2.24) is 0 Å². The van der Waals surface area contributed by atoms with Crippen molar-refractivity contribution in [3.8, 4) is 11.8 Å². The van der Waals surface area contributed by atoms with E-state index in [1.807, 2.05) is 0 Å². The van der Waals surface area contributed by atoms with Crippen LogP contribution in [0.4, 0.5) is 0 Å². The Kier molecular flexibility index (Phi) is 3.81. The van der Waals surface area contributed by atoms with Crippen LogP contribution in [0.15, 0.2) is 18.2 Å². The maximum absolute atomic E-state index is 9.23. The fraction of sp³-hybridized carbons (Fsp3) is 0.462. The summed E-state index contributed by atoms with van der Waals surface area (Å²) in [5.74, 6) is 0.556. The molecule has 0 aliphatic heterocycles. The smallest absolute Gasteiger partial charge is 0.139 e. The molecule has 90 valence electrons. The lowest BCUT2D eigenvalue weighted by atomic mass is 9.89. The number of nitriles is 1. The molecule has 0 atom stereocenters. The third kappa shape index (κ3) is 2.68. The number of nitrogens with zero attached hydrogens (tertiary/aromatic N) is 1. The predicted molar refractivity (Wildman–Crippen MR) is 68.5 cm³/mol. The minimum atomic E-state index is -0.342. The average molecular weight is 270 g/mol. The van der Waals surface area contributed by atoms with E-state index in [2.05, 4.69) is 6.07 Å². The number of rotatable bonds is 3. The van der Waals surface area contributed by atoms with Crippen LogP contribution in [0.25, 0.3) is 0 Å². The predicted octanol–water partition coefficient (Wildman–Crippen LogP) is 4.46. The first-order valence-corrected chi connectivity index (χ1v) is 6.40. The highest BCUT2D eigenvalue weighted by Gasteiger charge is 2.35. The lowest BCUT2D eigenvalue weighted by molar-refractivity contribution is 0.201. The molecule has 1 aromatic rings. The standard InChI is InChI=1S/C13H13Cl2NO/c14-10-4-3-5-11(12(10)15)17-9-13(8-16)6-1-2-7-13/h3-5H,1-2,6-7,9H2. The van der Waals surface area contributed by atoms with Gasteiger partial charge in [-0.3, -0.25) is 0 Å². The van der Waals surface area contributed by atoms with E-state index in [1.54, 1.807) is 18.2 Å². The van der Waals surface area contributed by atoms with Crippen LogP contribution in [0.1, 0.15) is 25.7 Å². The SMILES string of the molecule is N#CC1(COc2cccc(Cl)c2Cl)CCCC1. The highest BCUT2D eigenvalue weighted by molar-refractivity contribution is 6.42. The fourth-order valence-electron chi connectivity index (χ4n) is 2.15. The van der Waals surface area contributed by atoms with E-state index in [1.165, 1.54) is 0 Å². The van der Waals surface area contributed by atoms with Gasteiger partial charge in [0, 0.05) is 0 Å². The molecule has 2 rings (SSSR count). The van der Waals surface area contributed by atoms with Gasteiger partial charge >= 0.3 is 0 Å². The maximum Gasteiger partial charge on any atom is 0.139 e. The zero-order chi connectivity index (χ0) is 12.3. The number of hydrogen-bond donors (Lipinski definition) is 0. The van der Waals surface area contributed by atoms with Crippen LogP contribution in [-0.2, 0) is 0 Å². The summed E-state index contributed by atoms with van der Waals surface area (Å²) in [6.07, 6.45) is 4.00. The van der Waals surface area contributed by atoms with Crippen molar-refractivity contribution in [1.29, 1.82) is 5.26 Å². The van der Waals surface area contributed by atoms with Crippen LogP contribution in [0, 0.1) is 16.7 Å². The number of ether oxygens (including phenoxy) is 1. The molecular weight excluding hydrogens is 257 g/mol. The van der Waals surface area contributed by atoms with Crippen molar-refractivity contribution in [2.75, 3.05) is 6.61 Å². The molecule has 0 bridgehead atoms. The van der Waals surface area contributed by atoms with Gasteiger partial charge in [0.1, 0.15) is 17.4 Å². The normalized spacial score (nSPS) is 17.7. The summed E-state index contributed by atoms with van der Waals surface area (Å²) >= 11 is 11.9. The summed E-state index contributed by atoms with van der Waals surface area (Å²) in [6.45, 7) is 0.392. The van der Waals surface area contributed by atoms with Crippen molar-refractivity contribution < 1.29 is 4.74 Å². The summed E-state index contributed by atoms with van der Waals surface area (Å²) in [5, 5.41) is 10.1. The number of benzene rings is 1. The van der Waals surface area contributed by atoms with Gasteiger partial charge in [-0.25, -0.2) is 0 Å². The van der Waals surface area contributed by atoms with E-state index in [0.717, 1.165) is 25.7 Å². The molecule has 17 heavy (non-hydrogen) atoms. The molecule has 0 amide bonds. The molecule has 1 saturated carbocycles. The van der Waals surface area contributed by atoms with E-state index < -0.39 is 0 Å². The molecule has 2 nitrogen and oxygen atoms in total. The molecule has 0 radical (unpaired) electrons. The van der Waals surface area contributed by atoms with Gasteiger partial charge in [0.25, 0.3) is 0 Å². The number of halogens is 2. The van der Waals surface area contributed by atoms with Crippen LogP contribution < -0.4 is 4.74 Å². The first-order chi connectivity index (χ1) is 8.17. The van der Waals surface area contributed by atoms with Gasteiger partial charge in [-0.2, -0.15) is 5.26 Å². The van der Waals surface area contributed by atoms with Crippen molar-refractivity contribution in [2.24, 2.45) is 5.41 Å². The van der Waals surface area contributed by atoms with Gasteiger partial charge in [-0.1, -0.05) is 42.1 Å². The van der Waals surface area contributed by atoms with Gasteiger partial charge in [-0.15, -0.1) is 0 Å². The molecule has 0 saturated heterocycles. The molecule has 0 heterocycles. The van der Waals surface area contributed by atoms with E-state index >= 15 is 0 Å². The third-order valence-corrected chi connectivity index (χ3v) is 4.02. The van der Waals surface area contributed by atoms with E-state index in [9.17, 15) is 5.26 Å². The van der Waals surface area contributed by atoms with Crippen LogP contribution >= 0.6 is 23.2 Å². The van der Waals surface area contributed by atoms with Gasteiger partial charge in [0.05, 0.1) is 16.5 Å². The van der Waals surface area contributed by atoms with Crippen molar-refractivity contribution in [2.45, 2.75) is 25.7 Å². The van der Waals surface area contributed by atoms with E-state index in [0.29, 0.717) is 22.4 Å². The van der Waals surface area contributed by atoms with E-state index in [-0.39, 0.29) is 5.41 Å². The molecule has 0 spiro atoms. The summed E-state index contributed by atoms with van der Waals surface area (Å²) in [6, 6.07) is 7.66. The van der Waals surface area contributed by atoms with E-state index in [4.69, 9.17) is 27.9 Å². The topological polar surface area (TPSA) is 33.0 Å². The molecule has 0 N–H and O–H groups in total. The Morgan fingerprint density at radius 1 is 1.29 bits per heavy atom. The minimum Gasteiger partial charge on any atom is -0.490 e. The Labute approximate surface area is 111 Å². The molecule has 1 aromatic carbocycles. The maximum atomic E-state index is 9.23. The Hall–Kier alpha value is -0.910. The van der Waals surface area contributed by atoms with Gasteiger partial charge < -0.3 is 4.74 Å². The highest BCUT2D eigenvalue weighted by Crippen LogP contribution is 2.39.